The van der Waals surface area contributed by atoms with Gasteiger partial charge >= 0.3 is 5.97 Å². The zero-order valence-electron chi connectivity index (χ0n) is 13.4. The second-order valence-electron chi connectivity index (χ2n) is 5.75. The molecule has 8 nitrogen and oxygen atoms in total. The van der Waals surface area contributed by atoms with Crippen LogP contribution >= 0.6 is 0 Å². The summed E-state index contributed by atoms with van der Waals surface area (Å²) in [4.78, 5) is 46.5. The van der Waals surface area contributed by atoms with E-state index >= 15 is 0 Å². The number of ketones is 1. The van der Waals surface area contributed by atoms with Crippen LogP contribution in [0, 0.1) is 11.3 Å². The van der Waals surface area contributed by atoms with E-state index in [2.05, 4.69) is 10.6 Å². The van der Waals surface area contributed by atoms with Gasteiger partial charge in [0, 0.05) is 12.3 Å². The molecule has 0 spiro atoms. The molecule has 8 heteroatoms. The molecule has 0 saturated heterocycles. The van der Waals surface area contributed by atoms with Crippen LogP contribution in [-0.2, 0) is 23.9 Å². The second-order valence-corrected chi connectivity index (χ2v) is 5.75. The summed E-state index contributed by atoms with van der Waals surface area (Å²) in [6, 6.07) is -0.980. The van der Waals surface area contributed by atoms with Crippen LogP contribution in [0.3, 0.4) is 0 Å². The number of hydrogen-bond donors (Lipinski definition) is 3. The third-order valence-corrected chi connectivity index (χ3v) is 3.18. The number of carbonyl (C=O) groups excluding carboxylic acids is 4. The summed E-state index contributed by atoms with van der Waals surface area (Å²) in [6.07, 6.45) is 1.99. The van der Waals surface area contributed by atoms with Gasteiger partial charge in [0.1, 0.15) is 6.04 Å². The maximum absolute atomic E-state index is 12.0. The van der Waals surface area contributed by atoms with Gasteiger partial charge in [-0.25, -0.2) is 4.79 Å². The van der Waals surface area contributed by atoms with Crippen molar-refractivity contribution in [3.8, 4) is 0 Å². The predicted octanol–water partition coefficient (Wildman–Crippen LogP) is -0.0521. The molecule has 0 bridgehead atoms. The van der Waals surface area contributed by atoms with Gasteiger partial charge in [-0.3, -0.25) is 14.4 Å². The highest BCUT2D eigenvalue weighted by atomic mass is 16.5. The molecule has 1 unspecified atom stereocenters. The van der Waals surface area contributed by atoms with Crippen LogP contribution in [0.1, 0.15) is 39.5 Å². The summed E-state index contributed by atoms with van der Waals surface area (Å²) >= 11 is 0. The van der Waals surface area contributed by atoms with Crippen LogP contribution in [0.5, 0.6) is 0 Å². The van der Waals surface area contributed by atoms with Gasteiger partial charge in [0.15, 0.2) is 5.78 Å². The first-order chi connectivity index (χ1) is 10.8. The van der Waals surface area contributed by atoms with Gasteiger partial charge in [0.25, 0.3) is 0 Å². The van der Waals surface area contributed by atoms with Gasteiger partial charge in [-0.15, -0.1) is 0 Å². The van der Waals surface area contributed by atoms with E-state index < -0.39 is 23.7 Å². The van der Waals surface area contributed by atoms with E-state index in [0.29, 0.717) is 6.21 Å². The number of rotatable bonds is 10. The number of esters is 1. The number of hydrogen-bond acceptors (Lipinski definition) is 6. The van der Waals surface area contributed by atoms with Crippen LogP contribution in [0.4, 0.5) is 0 Å². The standard InChI is InChI=1S/C15H23N3O5/c1-9(2)23-15(22)12(6-5-11(19)7-16)18-13(20)8-17-14(21)10-3-4-10/h7,9-10,12,16H,3-6,8H2,1-2H3,(H,17,21)(H,18,20). The maximum atomic E-state index is 12.0. The minimum atomic E-state index is -0.980. The van der Waals surface area contributed by atoms with Crippen molar-refractivity contribution >= 4 is 29.8 Å². The van der Waals surface area contributed by atoms with Gasteiger partial charge in [-0.05, 0) is 33.1 Å². The highest BCUT2D eigenvalue weighted by molar-refractivity contribution is 6.26. The second kappa shape index (κ2) is 9.02. The van der Waals surface area contributed by atoms with Gasteiger partial charge < -0.3 is 20.8 Å². The lowest BCUT2D eigenvalue weighted by atomic mass is 10.1. The Morgan fingerprint density at radius 1 is 1.26 bits per heavy atom. The summed E-state index contributed by atoms with van der Waals surface area (Å²) < 4.78 is 5.04. The first kappa shape index (κ1) is 18.8. The van der Waals surface area contributed by atoms with Crippen LogP contribution in [0.2, 0.25) is 0 Å². The Balaban J connectivity index is 2.49. The zero-order valence-corrected chi connectivity index (χ0v) is 13.4. The topological polar surface area (TPSA) is 125 Å². The van der Waals surface area contributed by atoms with E-state index in [1.165, 1.54) is 0 Å². The van der Waals surface area contributed by atoms with Crippen molar-refractivity contribution in [3.05, 3.63) is 0 Å². The monoisotopic (exact) mass is 325 g/mol. The molecule has 0 aromatic heterocycles. The van der Waals surface area contributed by atoms with Crippen molar-refractivity contribution in [1.82, 2.24) is 10.6 Å². The molecule has 0 heterocycles. The van der Waals surface area contributed by atoms with E-state index in [9.17, 15) is 19.2 Å². The molecule has 0 aromatic rings. The molecule has 1 rings (SSSR count). The van der Waals surface area contributed by atoms with Crippen molar-refractivity contribution in [2.24, 2.45) is 5.92 Å². The van der Waals surface area contributed by atoms with Crippen LogP contribution in [0.15, 0.2) is 0 Å². The summed E-state index contributed by atoms with van der Waals surface area (Å²) in [5.41, 5.74) is 0. The summed E-state index contributed by atoms with van der Waals surface area (Å²) in [6.45, 7) is 3.13. The first-order valence-electron chi connectivity index (χ1n) is 7.64. The quantitative estimate of drug-likeness (QED) is 0.383. The normalized spacial score (nSPS) is 14.7. The number of ether oxygens (including phenoxy) is 1. The molecule has 0 aromatic carbocycles. The molecule has 1 fully saturated rings. The average molecular weight is 325 g/mol. The molecule has 1 aliphatic rings. The van der Waals surface area contributed by atoms with Gasteiger partial charge in [0.05, 0.1) is 18.9 Å². The van der Waals surface area contributed by atoms with Crippen molar-refractivity contribution in [2.75, 3.05) is 6.54 Å². The number of amides is 2. The van der Waals surface area contributed by atoms with Crippen LogP contribution in [-0.4, -0.2) is 48.5 Å². The van der Waals surface area contributed by atoms with Crippen LogP contribution < -0.4 is 10.6 Å². The Hall–Kier alpha value is -2.25. The number of carbonyl (C=O) groups is 4. The molecule has 1 atom stereocenters. The Labute approximate surface area is 134 Å². The smallest absolute Gasteiger partial charge is 0.328 e. The molecule has 128 valence electrons. The van der Waals surface area contributed by atoms with Gasteiger partial charge in [-0.1, -0.05) is 0 Å². The van der Waals surface area contributed by atoms with E-state index in [1.54, 1.807) is 13.8 Å². The minimum absolute atomic E-state index is 0.00489. The fourth-order valence-electron chi connectivity index (χ4n) is 1.82. The SMILES string of the molecule is CC(C)OC(=O)C(CCC(=O)C=N)NC(=O)CNC(=O)C1CC1. The molecule has 1 saturated carbocycles. The van der Waals surface area contributed by atoms with Crippen molar-refractivity contribution in [2.45, 2.75) is 51.7 Å². The fourth-order valence-corrected chi connectivity index (χ4v) is 1.82. The Morgan fingerprint density at radius 3 is 2.43 bits per heavy atom. The van der Waals surface area contributed by atoms with E-state index in [1.807, 2.05) is 0 Å². The lowest BCUT2D eigenvalue weighted by molar-refractivity contribution is -0.151. The molecule has 2 amide bonds. The molecule has 23 heavy (non-hydrogen) atoms. The lowest BCUT2D eigenvalue weighted by Crippen LogP contribution is -2.47. The highest BCUT2D eigenvalue weighted by Crippen LogP contribution is 2.28. The van der Waals surface area contributed by atoms with E-state index in [0.717, 1.165) is 12.8 Å². The van der Waals surface area contributed by atoms with Gasteiger partial charge in [0.2, 0.25) is 11.8 Å². The fraction of sp³-hybridized carbons (Fsp3) is 0.667. The lowest BCUT2D eigenvalue weighted by Gasteiger charge is -2.19. The maximum Gasteiger partial charge on any atom is 0.328 e. The Kier molecular flexibility index (Phi) is 7.37. The first-order valence-corrected chi connectivity index (χ1v) is 7.64. The van der Waals surface area contributed by atoms with E-state index in [4.69, 9.17) is 10.1 Å². The Morgan fingerprint density at radius 2 is 1.91 bits per heavy atom. The molecular weight excluding hydrogens is 302 g/mol. The average Bonchev–Trinajstić information content (AvgIpc) is 3.32. The molecular formula is C15H23N3O5. The summed E-state index contributed by atoms with van der Waals surface area (Å²) in [7, 11) is 0. The molecule has 0 radical (unpaired) electrons. The van der Waals surface area contributed by atoms with E-state index in [-0.39, 0.29) is 37.3 Å². The number of Topliss-reactive ketones (excluding diaryl/α,β-unsaturated/α-hetero) is 1. The molecule has 0 aliphatic heterocycles. The van der Waals surface area contributed by atoms with Crippen molar-refractivity contribution < 1.29 is 23.9 Å². The van der Waals surface area contributed by atoms with Crippen LogP contribution in [0.25, 0.3) is 0 Å². The number of nitrogens with one attached hydrogen (secondary N) is 3. The zero-order chi connectivity index (χ0) is 17.4. The molecule has 1 aliphatic carbocycles. The largest absolute Gasteiger partial charge is 0.461 e. The predicted molar refractivity (Wildman–Crippen MR) is 81.9 cm³/mol. The highest BCUT2D eigenvalue weighted by Gasteiger charge is 2.30. The van der Waals surface area contributed by atoms with Crippen molar-refractivity contribution in [3.63, 3.8) is 0 Å². The van der Waals surface area contributed by atoms with Crippen molar-refractivity contribution in [1.29, 1.82) is 5.41 Å². The van der Waals surface area contributed by atoms with Gasteiger partial charge in [-0.2, -0.15) is 0 Å². The summed E-state index contributed by atoms with van der Waals surface area (Å²) in [5.74, 6) is -1.77. The third kappa shape index (κ3) is 7.53. The summed E-state index contributed by atoms with van der Waals surface area (Å²) in [5, 5.41) is 11.8. The third-order valence-electron chi connectivity index (χ3n) is 3.18. The molecule has 3 N–H and O–H groups in total. The Bertz CT molecular complexity index is 486. The minimum Gasteiger partial charge on any atom is -0.461 e.